The van der Waals surface area contributed by atoms with Gasteiger partial charge in [0.05, 0.1) is 0 Å². The molecular formula is C3H4NNa2O6P. The van der Waals surface area contributed by atoms with Crippen LogP contribution in [-0.2, 0) is 14.2 Å². The van der Waals surface area contributed by atoms with Gasteiger partial charge in [-0.1, -0.05) is 0 Å². The van der Waals surface area contributed by atoms with E-state index < -0.39 is 19.7 Å². The van der Waals surface area contributed by atoms with E-state index in [-0.39, 0.29) is 70.6 Å². The minimum Gasteiger partial charge on any atom is -0.805 e. The first-order valence-electron chi connectivity index (χ1n) is 2.34. The first-order chi connectivity index (χ1) is 4.88. The quantitative estimate of drug-likeness (QED) is 0.167. The molecule has 1 N–H and O–H groups in total. The van der Waals surface area contributed by atoms with E-state index in [4.69, 9.17) is 5.21 Å². The Hall–Kier alpha value is 1.25. The smallest absolute Gasteiger partial charge is 0.805 e. The molecule has 13 heavy (non-hydrogen) atoms. The van der Waals surface area contributed by atoms with Crippen LogP contribution in [0.3, 0.4) is 0 Å². The molecule has 0 aromatic carbocycles. The average molecular weight is 227 g/mol. The largest absolute Gasteiger partial charge is 1.00 e. The van der Waals surface area contributed by atoms with E-state index in [9.17, 15) is 23.9 Å². The first-order valence-corrected chi connectivity index (χ1v) is 3.88. The number of nitrogens with zero attached hydrogens (tertiary/aromatic N) is 1. The van der Waals surface area contributed by atoms with E-state index >= 15 is 0 Å². The van der Waals surface area contributed by atoms with Crippen LogP contribution in [0.25, 0.3) is 0 Å². The van der Waals surface area contributed by atoms with Crippen LogP contribution >= 0.6 is 7.60 Å². The molecule has 64 valence electrons. The summed E-state index contributed by atoms with van der Waals surface area (Å²) in [5.41, 5.74) is -1.73. The van der Waals surface area contributed by atoms with Crippen LogP contribution in [-0.4, -0.2) is 28.7 Å². The normalized spacial score (nSPS) is 9.15. The van der Waals surface area contributed by atoms with Crippen molar-refractivity contribution in [2.24, 2.45) is 0 Å². The number of hydrogen-bond donors (Lipinski definition) is 1. The van der Waals surface area contributed by atoms with Gasteiger partial charge in [0.15, 0.2) is 5.52 Å². The van der Waals surface area contributed by atoms with Crippen molar-refractivity contribution < 1.29 is 88.3 Å². The predicted molar refractivity (Wildman–Crippen MR) is 27.2 cm³/mol. The van der Waals surface area contributed by atoms with E-state index in [1.54, 1.807) is 0 Å². The Morgan fingerprint density at radius 1 is 1.46 bits per heavy atom. The van der Waals surface area contributed by atoms with Crippen LogP contribution in [0.2, 0.25) is 0 Å². The molecule has 0 unspecified atom stereocenters. The topological polar surface area (TPSA) is 121 Å². The number of amides is 1. The summed E-state index contributed by atoms with van der Waals surface area (Å²) in [6, 6.07) is 0. The minimum atomic E-state index is -5.32. The Balaban J connectivity index is -0.000000500. The summed E-state index contributed by atoms with van der Waals surface area (Å²) < 4.78 is 9.85. The molecule has 10 heteroatoms. The monoisotopic (exact) mass is 227 g/mol. The standard InChI is InChI=1S/C3H6NO6P.2Na/c5-2-4(7)1-3(6)11(8,9)10;;/h2,7H,1H2,(H2,8,9,10);;/q;2*+1/p-2. The van der Waals surface area contributed by atoms with Crippen molar-refractivity contribution in [1.82, 2.24) is 5.06 Å². The summed E-state index contributed by atoms with van der Waals surface area (Å²) in [7, 11) is -5.32. The van der Waals surface area contributed by atoms with E-state index in [2.05, 4.69) is 0 Å². The molecule has 0 saturated heterocycles. The van der Waals surface area contributed by atoms with Crippen LogP contribution in [0.4, 0.5) is 0 Å². The van der Waals surface area contributed by atoms with E-state index in [0.717, 1.165) is 0 Å². The minimum absolute atomic E-state index is 0. The van der Waals surface area contributed by atoms with Gasteiger partial charge < -0.3 is 14.4 Å². The summed E-state index contributed by atoms with van der Waals surface area (Å²) in [5, 5.41) is 8.01. The van der Waals surface area contributed by atoms with Gasteiger partial charge in [0.1, 0.15) is 6.54 Å². The van der Waals surface area contributed by atoms with E-state index in [1.165, 1.54) is 0 Å². The maximum atomic E-state index is 10.2. The maximum absolute atomic E-state index is 10.2. The Morgan fingerprint density at radius 2 is 1.85 bits per heavy atom. The SMILES string of the molecule is O=CN(O)CC(=O)P(=O)([O-])[O-].[Na+].[Na+]. The molecular weight excluding hydrogens is 223 g/mol. The van der Waals surface area contributed by atoms with Gasteiger partial charge in [-0.3, -0.25) is 14.8 Å². The van der Waals surface area contributed by atoms with Gasteiger partial charge in [0.2, 0.25) is 6.41 Å². The van der Waals surface area contributed by atoms with Crippen molar-refractivity contribution in [3.05, 3.63) is 0 Å². The van der Waals surface area contributed by atoms with Crippen molar-refractivity contribution in [2.45, 2.75) is 0 Å². The van der Waals surface area contributed by atoms with E-state index in [0.29, 0.717) is 0 Å². The molecule has 7 nitrogen and oxygen atoms in total. The average Bonchev–Trinajstić information content (AvgIpc) is 1.85. The molecule has 0 spiro atoms. The molecule has 0 fully saturated rings. The zero-order valence-corrected chi connectivity index (χ0v) is 12.1. The van der Waals surface area contributed by atoms with Gasteiger partial charge in [-0.05, 0) is 0 Å². The van der Waals surface area contributed by atoms with Gasteiger partial charge in [0, 0.05) is 7.60 Å². The second kappa shape index (κ2) is 8.55. The van der Waals surface area contributed by atoms with Crippen molar-refractivity contribution in [3.8, 4) is 0 Å². The van der Waals surface area contributed by atoms with Crippen molar-refractivity contribution in [2.75, 3.05) is 6.54 Å². The van der Waals surface area contributed by atoms with Gasteiger partial charge in [-0.15, -0.1) is 0 Å². The number of carbonyl (C=O) groups is 2. The zero-order valence-electron chi connectivity index (χ0n) is 7.17. The molecule has 0 aromatic heterocycles. The van der Waals surface area contributed by atoms with Gasteiger partial charge in [0.25, 0.3) is 0 Å². The third kappa shape index (κ3) is 9.55. The fourth-order valence-corrected chi connectivity index (χ4v) is 0.581. The third-order valence-electron chi connectivity index (χ3n) is 0.724. The summed E-state index contributed by atoms with van der Waals surface area (Å²) >= 11 is 0. The Bertz CT molecular complexity index is 216. The fraction of sp³-hybridized carbons (Fsp3) is 0.333. The molecule has 1 amide bonds. The van der Waals surface area contributed by atoms with Crippen molar-refractivity contribution >= 4 is 19.5 Å². The molecule has 0 aliphatic heterocycles. The molecule has 0 saturated carbocycles. The van der Waals surface area contributed by atoms with Gasteiger partial charge in [-0.25, -0.2) is 5.06 Å². The Labute approximate surface area is 118 Å². The molecule has 0 aliphatic carbocycles. The molecule has 0 rings (SSSR count). The van der Waals surface area contributed by atoms with Crippen LogP contribution in [0.1, 0.15) is 0 Å². The van der Waals surface area contributed by atoms with Crippen molar-refractivity contribution in [1.29, 1.82) is 0 Å². The molecule has 0 heterocycles. The van der Waals surface area contributed by atoms with Crippen LogP contribution in [0.5, 0.6) is 0 Å². The molecule has 0 bridgehead atoms. The van der Waals surface area contributed by atoms with Gasteiger partial charge >= 0.3 is 59.1 Å². The fourth-order valence-electron chi connectivity index (χ4n) is 0.262. The Morgan fingerprint density at radius 3 is 2.08 bits per heavy atom. The summed E-state index contributed by atoms with van der Waals surface area (Å²) in [6.07, 6.45) is -0.187. The summed E-state index contributed by atoms with van der Waals surface area (Å²) in [6.45, 7) is -1.13. The number of hydroxylamine groups is 2. The number of rotatable bonds is 4. The second-order valence-corrected chi connectivity index (χ2v) is 3.09. The predicted octanol–water partition coefficient (Wildman–Crippen LogP) is -8.72. The van der Waals surface area contributed by atoms with Crippen LogP contribution in [0.15, 0.2) is 0 Å². The van der Waals surface area contributed by atoms with E-state index in [1.807, 2.05) is 0 Å². The van der Waals surface area contributed by atoms with Gasteiger partial charge in [-0.2, -0.15) is 0 Å². The molecule has 0 radical (unpaired) electrons. The van der Waals surface area contributed by atoms with Crippen molar-refractivity contribution in [3.63, 3.8) is 0 Å². The number of carbonyl (C=O) groups excluding carboxylic acids is 2. The third-order valence-corrected chi connectivity index (χ3v) is 1.48. The molecule has 0 atom stereocenters. The zero-order chi connectivity index (χ0) is 9.07. The second-order valence-electron chi connectivity index (χ2n) is 1.59. The van der Waals surface area contributed by atoms with Crippen LogP contribution < -0.4 is 68.9 Å². The molecule has 0 aliphatic rings. The number of hydrogen-bond acceptors (Lipinski definition) is 6. The first kappa shape index (κ1) is 19.8. The summed E-state index contributed by atoms with van der Waals surface area (Å²) in [5.74, 6) is 0. The molecule has 0 aromatic rings. The van der Waals surface area contributed by atoms with Crippen LogP contribution in [0, 0.1) is 0 Å². The Kier molecular flexibility index (Phi) is 13.0. The summed E-state index contributed by atoms with van der Waals surface area (Å²) in [4.78, 5) is 39.5. The maximum Gasteiger partial charge on any atom is 1.00 e.